The number of carbonyl (C=O) groups excluding carboxylic acids is 2. The van der Waals surface area contributed by atoms with Crippen LogP contribution in [0.2, 0.25) is 0 Å². The van der Waals surface area contributed by atoms with Crippen molar-refractivity contribution in [3.05, 3.63) is 47.9 Å². The van der Waals surface area contributed by atoms with Crippen LogP contribution in [0.4, 0.5) is 5.69 Å². The number of hydrogen-bond acceptors (Lipinski definition) is 8. The lowest BCUT2D eigenvalue weighted by Gasteiger charge is -2.36. The fourth-order valence-electron chi connectivity index (χ4n) is 3.10. The molecule has 0 saturated carbocycles. The lowest BCUT2D eigenvalue weighted by Crippen LogP contribution is -2.49. The summed E-state index contributed by atoms with van der Waals surface area (Å²) in [5.41, 5.74) is 0.655. The number of amides is 2. The summed E-state index contributed by atoms with van der Waals surface area (Å²) in [5, 5.41) is 5.52. The highest BCUT2D eigenvalue weighted by Crippen LogP contribution is 2.28. The number of benzene rings is 1. The molecule has 29 heavy (non-hydrogen) atoms. The number of anilines is 1. The summed E-state index contributed by atoms with van der Waals surface area (Å²) in [6.45, 7) is 1.72. The maximum Gasteiger partial charge on any atom is 0.289 e. The monoisotopic (exact) mass is 419 g/mol. The van der Waals surface area contributed by atoms with Crippen LogP contribution in [-0.4, -0.2) is 63.9 Å². The van der Waals surface area contributed by atoms with E-state index in [0.717, 1.165) is 12.6 Å². The number of hydrazone groups is 1. The van der Waals surface area contributed by atoms with Gasteiger partial charge < -0.3 is 25.4 Å². The van der Waals surface area contributed by atoms with Crippen LogP contribution in [0.1, 0.15) is 20.9 Å². The van der Waals surface area contributed by atoms with Gasteiger partial charge in [-0.15, -0.1) is 0 Å². The minimum Gasteiger partial charge on any atom is -0.459 e. The lowest BCUT2D eigenvalue weighted by atomic mass is 10.1. The van der Waals surface area contributed by atoms with E-state index in [0.29, 0.717) is 31.9 Å². The summed E-state index contributed by atoms with van der Waals surface area (Å²) < 4.78 is 29.8. The Balaban J connectivity index is 1.80. The molecule has 2 heterocycles. The zero-order valence-corrected chi connectivity index (χ0v) is 16.6. The fourth-order valence-corrected chi connectivity index (χ4v) is 4.02. The smallest absolute Gasteiger partial charge is 0.289 e. The van der Waals surface area contributed by atoms with Gasteiger partial charge in [0.15, 0.2) is 15.6 Å². The summed E-state index contributed by atoms with van der Waals surface area (Å²) in [6.07, 6.45) is 3.55. The minimum absolute atomic E-state index is 0.0423. The maximum absolute atomic E-state index is 12.4. The molecule has 0 bridgehead atoms. The molecule has 1 aromatic carbocycles. The van der Waals surface area contributed by atoms with Gasteiger partial charge in [0.05, 0.1) is 16.8 Å². The predicted octanol–water partition coefficient (Wildman–Crippen LogP) is 0.277. The summed E-state index contributed by atoms with van der Waals surface area (Å²) >= 11 is 0. The number of nitrogens with two attached hydrogens (primary N) is 1. The number of nitrogens with one attached hydrogen (secondary N) is 1. The van der Waals surface area contributed by atoms with Gasteiger partial charge in [0.1, 0.15) is 6.34 Å². The van der Waals surface area contributed by atoms with Crippen LogP contribution < -0.4 is 16.1 Å². The van der Waals surface area contributed by atoms with Gasteiger partial charge >= 0.3 is 0 Å². The molecule has 3 rings (SSSR count). The Bertz CT molecular complexity index is 1020. The number of rotatable bonds is 5. The number of piperazine rings is 1. The molecular weight excluding hydrogens is 398 g/mol. The molecule has 0 radical (unpaired) electrons. The van der Waals surface area contributed by atoms with E-state index < -0.39 is 15.7 Å². The number of carbonyl (C=O) groups is 2. The normalized spacial score (nSPS) is 14.9. The SMILES string of the molecule is CS(=O)(=O)c1cc(C(=O)NC=NN)ccc1N1CCN(C(=O)c2ccco2)CC1. The van der Waals surface area contributed by atoms with Crippen LogP contribution in [0.15, 0.2) is 51.0 Å². The quantitative estimate of drug-likeness (QED) is 0.307. The molecule has 1 aliphatic rings. The van der Waals surface area contributed by atoms with Crippen molar-refractivity contribution in [2.24, 2.45) is 10.9 Å². The van der Waals surface area contributed by atoms with Crippen molar-refractivity contribution in [3.8, 4) is 0 Å². The third kappa shape index (κ3) is 4.57. The molecule has 1 saturated heterocycles. The first-order valence-corrected chi connectivity index (χ1v) is 10.6. The average Bonchev–Trinajstić information content (AvgIpc) is 3.25. The average molecular weight is 419 g/mol. The Morgan fingerprint density at radius 3 is 2.52 bits per heavy atom. The van der Waals surface area contributed by atoms with Gasteiger partial charge in [-0.3, -0.25) is 9.59 Å². The second-order valence-electron chi connectivity index (χ2n) is 6.46. The van der Waals surface area contributed by atoms with Crippen molar-refractivity contribution in [1.29, 1.82) is 0 Å². The van der Waals surface area contributed by atoms with Crippen LogP contribution in [0, 0.1) is 0 Å². The van der Waals surface area contributed by atoms with E-state index in [4.69, 9.17) is 10.3 Å². The zero-order chi connectivity index (χ0) is 21.0. The lowest BCUT2D eigenvalue weighted by molar-refractivity contribution is 0.0714. The van der Waals surface area contributed by atoms with Gasteiger partial charge in [-0.1, -0.05) is 0 Å². The van der Waals surface area contributed by atoms with Crippen molar-refractivity contribution in [2.45, 2.75) is 4.90 Å². The summed E-state index contributed by atoms with van der Waals surface area (Å²) in [6, 6.07) is 7.71. The molecule has 1 fully saturated rings. The van der Waals surface area contributed by atoms with Crippen molar-refractivity contribution in [2.75, 3.05) is 37.3 Å². The molecule has 2 amide bonds. The maximum atomic E-state index is 12.4. The molecule has 0 spiro atoms. The first-order chi connectivity index (χ1) is 13.8. The van der Waals surface area contributed by atoms with E-state index in [2.05, 4.69) is 10.4 Å². The predicted molar refractivity (Wildman–Crippen MR) is 107 cm³/mol. The molecule has 0 atom stereocenters. The number of furan rings is 1. The minimum atomic E-state index is -3.60. The Morgan fingerprint density at radius 1 is 1.21 bits per heavy atom. The van der Waals surface area contributed by atoms with E-state index in [1.807, 2.05) is 4.90 Å². The van der Waals surface area contributed by atoms with E-state index in [9.17, 15) is 18.0 Å². The van der Waals surface area contributed by atoms with Crippen molar-refractivity contribution in [3.63, 3.8) is 0 Å². The van der Waals surface area contributed by atoms with Crippen molar-refractivity contribution < 1.29 is 22.4 Å². The van der Waals surface area contributed by atoms with Crippen molar-refractivity contribution in [1.82, 2.24) is 10.2 Å². The molecule has 1 aromatic heterocycles. The van der Waals surface area contributed by atoms with E-state index >= 15 is 0 Å². The number of hydrogen-bond donors (Lipinski definition) is 2. The Kier molecular flexibility index (Phi) is 5.87. The Hall–Kier alpha value is -3.34. The Labute approximate surface area is 167 Å². The molecule has 11 heteroatoms. The second-order valence-corrected chi connectivity index (χ2v) is 8.45. The van der Waals surface area contributed by atoms with Crippen LogP contribution >= 0.6 is 0 Å². The van der Waals surface area contributed by atoms with Crippen LogP contribution in [0.5, 0.6) is 0 Å². The summed E-state index contributed by atoms with van der Waals surface area (Å²) in [5.74, 6) is 4.50. The topological polar surface area (TPSA) is 138 Å². The zero-order valence-electron chi connectivity index (χ0n) is 15.7. The third-order valence-electron chi connectivity index (χ3n) is 4.53. The molecule has 0 aliphatic carbocycles. The molecular formula is C18H21N5O5S. The number of nitrogens with zero attached hydrogens (tertiary/aromatic N) is 3. The van der Waals surface area contributed by atoms with Gasteiger partial charge in [-0.2, -0.15) is 5.10 Å². The molecule has 1 aliphatic heterocycles. The standard InChI is InChI=1S/C18H21N5O5S/c1-29(26,27)16-11-13(17(24)20-12-21-19)4-5-14(16)22-6-8-23(9-7-22)18(25)15-3-2-10-28-15/h2-5,10-12H,6-9,19H2,1H3,(H,20,21,24). The van der Waals surface area contributed by atoms with Gasteiger partial charge in [0.25, 0.3) is 11.8 Å². The largest absolute Gasteiger partial charge is 0.459 e. The van der Waals surface area contributed by atoms with Crippen LogP contribution in [0.25, 0.3) is 0 Å². The highest BCUT2D eigenvalue weighted by Gasteiger charge is 2.27. The van der Waals surface area contributed by atoms with E-state index in [-0.39, 0.29) is 22.1 Å². The highest BCUT2D eigenvalue weighted by molar-refractivity contribution is 7.90. The fraction of sp³-hybridized carbons (Fsp3) is 0.278. The molecule has 0 unspecified atom stereocenters. The molecule has 154 valence electrons. The van der Waals surface area contributed by atoms with Crippen LogP contribution in [-0.2, 0) is 9.84 Å². The second kappa shape index (κ2) is 8.35. The third-order valence-corrected chi connectivity index (χ3v) is 5.66. The Morgan fingerprint density at radius 2 is 1.93 bits per heavy atom. The summed E-state index contributed by atoms with van der Waals surface area (Å²) in [7, 11) is -3.60. The van der Waals surface area contributed by atoms with Crippen LogP contribution in [0.3, 0.4) is 0 Å². The van der Waals surface area contributed by atoms with E-state index in [1.165, 1.54) is 18.4 Å². The van der Waals surface area contributed by atoms with Gasteiger partial charge in [0.2, 0.25) is 0 Å². The number of sulfone groups is 1. The van der Waals surface area contributed by atoms with Gasteiger partial charge in [-0.05, 0) is 30.3 Å². The highest BCUT2D eigenvalue weighted by atomic mass is 32.2. The first-order valence-electron chi connectivity index (χ1n) is 8.75. The first kappa shape index (κ1) is 20.4. The van der Waals surface area contributed by atoms with Gasteiger partial charge in [0, 0.05) is 38.0 Å². The van der Waals surface area contributed by atoms with Crippen molar-refractivity contribution >= 4 is 33.7 Å². The molecule has 10 nitrogen and oxygen atoms in total. The van der Waals surface area contributed by atoms with Gasteiger partial charge in [-0.25, -0.2) is 8.42 Å². The summed E-state index contributed by atoms with van der Waals surface area (Å²) in [4.78, 5) is 28.1. The molecule has 2 aromatic rings. The molecule has 3 N–H and O–H groups in total. The van der Waals surface area contributed by atoms with E-state index in [1.54, 1.807) is 23.1 Å².